The van der Waals surface area contributed by atoms with Crippen LogP contribution in [0, 0.1) is 0 Å². The lowest BCUT2D eigenvalue weighted by atomic mass is 9.92. The summed E-state index contributed by atoms with van der Waals surface area (Å²) in [6.45, 7) is 1.60. The maximum Gasteiger partial charge on any atom is 0.228 e. The fourth-order valence-corrected chi connectivity index (χ4v) is 3.44. The highest BCUT2D eigenvalue weighted by Crippen LogP contribution is 2.37. The average Bonchev–Trinajstić information content (AvgIpc) is 3.25. The van der Waals surface area contributed by atoms with Crippen LogP contribution >= 0.6 is 0 Å². The molecule has 1 N–H and O–H groups in total. The van der Waals surface area contributed by atoms with E-state index in [0.29, 0.717) is 35.8 Å². The van der Waals surface area contributed by atoms with Crippen LogP contribution in [0.15, 0.2) is 36.7 Å². The Morgan fingerprint density at radius 3 is 2.89 bits per heavy atom. The number of nitrogens with zero attached hydrogens (tertiary/aromatic N) is 7. The zero-order chi connectivity index (χ0) is 18.6. The molecule has 4 aromatic rings. The molecule has 0 saturated carbocycles. The van der Waals surface area contributed by atoms with Crippen molar-refractivity contribution in [1.29, 1.82) is 0 Å². The Bertz CT molecular complexity index is 1160. The Morgan fingerprint density at radius 1 is 1.19 bits per heavy atom. The number of hydrogen-bond donors (Lipinski definition) is 1. The van der Waals surface area contributed by atoms with Crippen LogP contribution in [-0.2, 0) is 19.1 Å². The summed E-state index contributed by atoms with van der Waals surface area (Å²) in [4.78, 5) is 8.83. The molecule has 0 bridgehead atoms. The van der Waals surface area contributed by atoms with Crippen LogP contribution in [0.25, 0.3) is 16.9 Å². The van der Waals surface area contributed by atoms with E-state index in [-0.39, 0.29) is 0 Å². The van der Waals surface area contributed by atoms with Crippen LogP contribution in [0.1, 0.15) is 24.9 Å². The molecule has 0 spiro atoms. The maximum atomic E-state index is 15.1. The first-order valence-corrected chi connectivity index (χ1v) is 8.67. The van der Waals surface area contributed by atoms with Crippen LogP contribution < -0.4 is 5.32 Å². The fraction of sp³-hybridized carbons (Fsp3) is 0.278. The summed E-state index contributed by atoms with van der Waals surface area (Å²) in [6, 6.07) is 7.33. The van der Waals surface area contributed by atoms with Gasteiger partial charge in [-0.25, -0.2) is 14.4 Å². The Labute approximate surface area is 154 Å². The van der Waals surface area contributed by atoms with Crippen molar-refractivity contribution in [3.8, 4) is 11.3 Å². The molecule has 1 atom stereocenters. The predicted molar refractivity (Wildman–Crippen MR) is 97.3 cm³/mol. The second-order valence-electron chi connectivity index (χ2n) is 6.87. The summed E-state index contributed by atoms with van der Waals surface area (Å²) >= 11 is 0. The average molecular weight is 364 g/mol. The van der Waals surface area contributed by atoms with Gasteiger partial charge in [0.1, 0.15) is 17.3 Å². The molecule has 9 heteroatoms. The lowest BCUT2D eigenvalue weighted by molar-refractivity contribution is 0.158. The topological polar surface area (TPSA) is 85.8 Å². The Morgan fingerprint density at radius 2 is 2.07 bits per heavy atom. The van der Waals surface area contributed by atoms with Gasteiger partial charge in [-0.2, -0.15) is 5.10 Å². The van der Waals surface area contributed by atoms with Crippen molar-refractivity contribution in [2.75, 3.05) is 5.32 Å². The van der Waals surface area contributed by atoms with Crippen molar-refractivity contribution < 1.29 is 4.39 Å². The Hall–Kier alpha value is -3.36. The number of halogens is 1. The van der Waals surface area contributed by atoms with Crippen LogP contribution in [0.3, 0.4) is 0 Å². The standard InChI is InChI=1S/C18H17FN8/c1-18(19)6-3-15-24-25-16-10-11(9-13(18)27(15)16)12-4-7-20-17(22-12)23-14-5-8-21-26(14)2/h4-5,7-10H,3,6H2,1-2H3,(H,20,22,23). The van der Waals surface area contributed by atoms with Crippen molar-refractivity contribution in [3.05, 3.63) is 48.2 Å². The summed E-state index contributed by atoms with van der Waals surface area (Å²) in [5, 5.41) is 15.7. The molecule has 0 aromatic carbocycles. The van der Waals surface area contributed by atoms with Gasteiger partial charge < -0.3 is 5.32 Å². The number of aromatic nitrogens is 7. The molecule has 1 aliphatic heterocycles. The number of aryl methyl sites for hydroxylation is 2. The zero-order valence-corrected chi connectivity index (χ0v) is 14.9. The molecule has 0 amide bonds. The van der Waals surface area contributed by atoms with Crippen molar-refractivity contribution in [2.24, 2.45) is 7.05 Å². The van der Waals surface area contributed by atoms with Crippen molar-refractivity contribution in [2.45, 2.75) is 25.4 Å². The molecule has 5 rings (SSSR count). The van der Waals surface area contributed by atoms with Gasteiger partial charge in [0.2, 0.25) is 5.95 Å². The van der Waals surface area contributed by atoms with Gasteiger partial charge in [-0.05, 0) is 31.5 Å². The van der Waals surface area contributed by atoms with Crippen molar-refractivity contribution >= 4 is 17.4 Å². The molecule has 8 nitrogen and oxygen atoms in total. The van der Waals surface area contributed by atoms with E-state index in [0.717, 1.165) is 17.2 Å². The number of nitrogens with one attached hydrogen (secondary N) is 1. The maximum absolute atomic E-state index is 15.1. The lowest BCUT2D eigenvalue weighted by Crippen LogP contribution is -2.26. The van der Waals surface area contributed by atoms with E-state index in [9.17, 15) is 0 Å². The zero-order valence-electron chi connectivity index (χ0n) is 14.9. The third-order valence-corrected chi connectivity index (χ3v) is 4.94. The van der Waals surface area contributed by atoms with Gasteiger partial charge in [0.05, 0.1) is 17.6 Å². The van der Waals surface area contributed by atoms with Crippen molar-refractivity contribution in [1.82, 2.24) is 34.3 Å². The monoisotopic (exact) mass is 364 g/mol. The molecule has 0 fully saturated rings. The minimum absolute atomic E-state index is 0.390. The normalized spacial score (nSPS) is 18.8. The Balaban J connectivity index is 1.60. The van der Waals surface area contributed by atoms with Gasteiger partial charge in [-0.15, -0.1) is 10.2 Å². The first kappa shape index (κ1) is 15.9. The van der Waals surface area contributed by atoms with Crippen LogP contribution in [0.2, 0.25) is 0 Å². The quantitative estimate of drug-likeness (QED) is 0.602. The van der Waals surface area contributed by atoms with Crippen LogP contribution in [0.4, 0.5) is 16.2 Å². The second kappa shape index (κ2) is 5.57. The van der Waals surface area contributed by atoms with E-state index in [1.807, 2.05) is 29.6 Å². The summed E-state index contributed by atoms with van der Waals surface area (Å²) in [6.07, 6.45) is 4.32. The molecular formula is C18H17FN8. The first-order valence-electron chi connectivity index (χ1n) is 8.67. The molecular weight excluding hydrogens is 347 g/mol. The van der Waals surface area contributed by atoms with Crippen molar-refractivity contribution in [3.63, 3.8) is 0 Å². The van der Waals surface area contributed by atoms with Crippen LogP contribution in [-0.4, -0.2) is 34.3 Å². The predicted octanol–water partition coefficient (Wildman–Crippen LogP) is 2.79. The SMILES string of the molecule is Cn1nccc1Nc1nccc(-c2cc3n4c(nnc4c2)CCC3(C)F)n1. The van der Waals surface area contributed by atoms with E-state index < -0.39 is 5.67 Å². The fourth-order valence-electron chi connectivity index (χ4n) is 3.44. The first-order chi connectivity index (χ1) is 13.0. The summed E-state index contributed by atoms with van der Waals surface area (Å²) in [5.74, 6) is 2.01. The lowest BCUT2D eigenvalue weighted by Gasteiger charge is -2.27. The molecule has 0 saturated heterocycles. The highest BCUT2D eigenvalue weighted by atomic mass is 19.1. The van der Waals surface area contributed by atoms with E-state index in [2.05, 4.69) is 30.6 Å². The third kappa shape index (κ3) is 2.54. The van der Waals surface area contributed by atoms with E-state index >= 15 is 4.39 Å². The van der Waals surface area contributed by atoms with E-state index in [1.165, 1.54) is 0 Å². The van der Waals surface area contributed by atoms with Gasteiger partial charge >= 0.3 is 0 Å². The molecule has 0 aliphatic carbocycles. The molecule has 0 radical (unpaired) electrons. The highest BCUT2D eigenvalue weighted by Gasteiger charge is 2.34. The number of anilines is 2. The molecule has 4 aromatic heterocycles. The third-order valence-electron chi connectivity index (χ3n) is 4.94. The Kier molecular flexibility index (Phi) is 3.27. The number of pyridine rings is 1. The van der Waals surface area contributed by atoms with Crippen LogP contribution in [0.5, 0.6) is 0 Å². The summed E-state index contributed by atoms with van der Waals surface area (Å²) < 4.78 is 18.6. The summed E-state index contributed by atoms with van der Waals surface area (Å²) in [5.41, 5.74) is 1.20. The summed E-state index contributed by atoms with van der Waals surface area (Å²) in [7, 11) is 1.83. The highest BCUT2D eigenvalue weighted by molar-refractivity contribution is 5.67. The number of rotatable bonds is 3. The smallest absolute Gasteiger partial charge is 0.228 e. The largest absolute Gasteiger partial charge is 0.309 e. The minimum Gasteiger partial charge on any atom is -0.309 e. The van der Waals surface area contributed by atoms with Gasteiger partial charge in [0.25, 0.3) is 0 Å². The molecule has 27 heavy (non-hydrogen) atoms. The molecule has 136 valence electrons. The van der Waals surface area contributed by atoms with Gasteiger partial charge in [0, 0.05) is 31.3 Å². The van der Waals surface area contributed by atoms with Gasteiger partial charge in [0.15, 0.2) is 5.65 Å². The van der Waals surface area contributed by atoms with Gasteiger partial charge in [-0.3, -0.25) is 9.08 Å². The van der Waals surface area contributed by atoms with E-state index in [4.69, 9.17) is 0 Å². The second-order valence-corrected chi connectivity index (χ2v) is 6.87. The number of alkyl halides is 1. The van der Waals surface area contributed by atoms with Gasteiger partial charge in [-0.1, -0.05) is 0 Å². The van der Waals surface area contributed by atoms with E-state index in [1.54, 1.807) is 30.1 Å². The number of hydrogen-bond acceptors (Lipinski definition) is 6. The minimum atomic E-state index is -1.44. The molecule has 1 aliphatic rings. The molecule has 1 unspecified atom stereocenters. The molecule has 5 heterocycles.